The van der Waals surface area contributed by atoms with E-state index in [1.54, 1.807) is 0 Å². The summed E-state index contributed by atoms with van der Waals surface area (Å²) in [7, 11) is 0. The highest BCUT2D eigenvalue weighted by Gasteiger charge is 2.29. The van der Waals surface area contributed by atoms with Crippen molar-refractivity contribution in [2.75, 3.05) is 0 Å². The minimum Gasteiger partial charge on any atom is -0.294 e. The highest BCUT2D eigenvalue weighted by atomic mass is 15.2. The largest absolute Gasteiger partial charge is 0.294 e. The van der Waals surface area contributed by atoms with Gasteiger partial charge in [0.05, 0.1) is 11.0 Å². The monoisotopic (exact) mass is 687 g/mol. The normalized spacial score (nSPS) is 12.2. The van der Waals surface area contributed by atoms with Crippen LogP contribution in [0.3, 0.4) is 0 Å². The minimum absolute atomic E-state index is 0.0464. The molecule has 53 heavy (non-hydrogen) atoms. The van der Waals surface area contributed by atoms with Crippen molar-refractivity contribution in [1.82, 2.24) is 14.1 Å². The lowest BCUT2D eigenvalue weighted by atomic mass is 9.77. The molecule has 0 aliphatic rings. The van der Waals surface area contributed by atoms with E-state index in [4.69, 9.17) is 4.98 Å². The van der Waals surface area contributed by atoms with Crippen LogP contribution in [0.2, 0.25) is 0 Å². The topological polar surface area (TPSA) is 26.6 Å². The van der Waals surface area contributed by atoms with Crippen LogP contribution in [0.15, 0.2) is 170 Å². The molecule has 4 nitrogen and oxygen atoms in total. The van der Waals surface area contributed by atoms with Gasteiger partial charge in [0.25, 0.3) is 0 Å². The first-order valence-corrected chi connectivity index (χ1v) is 18.5. The third-order valence-electron chi connectivity index (χ3n) is 10.9. The maximum Gasteiger partial charge on any atom is 0.250 e. The molecule has 0 aliphatic heterocycles. The summed E-state index contributed by atoms with van der Waals surface area (Å²) in [6.07, 6.45) is 4.20. The number of para-hydroxylation sites is 3. The Morgan fingerprint density at radius 1 is 0.509 bits per heavy atom. The number of imidazole rings is 1. The first-order valence-electron chi connectivity index (χ1n) is 18.5. The smallest absolute Gasteiger partial charge is 0.250 e. The van der Waals surface area contributed by atoms with Crippen LogP contribution >= 0.6 is 0 Å². The van der Waals surface area contributed by atoms with E-state index in [0.29, 0.717) is 0 Å². The molecule has 0 N–H and O–H groups in total. The number of hydrogen-bond donors (Lipinski definition) is 0. The van der Waals surface area contributed by atoms with Gasteiger partial charge in [-0.25, -0.2) is 9.55 Å². The van der Waals surface area contributed by atoms with Crippen molar-refractivity contribution in [2.24, 2.45) is 0 Å². The Morgan fingerprint density at radius 2 is 1.17 bits per heavy atom. The van der Waals surface area contributed by atoms with Crippen LogP contribution in [0.4, 0.5) is 0 Å². The minimum atomic E-state index is -0.279. The molecule has 0 aliphatic carbocycles. The van der Waals surface area contributed by atoms with Gasteiger partial charge < -0.3 is 0 Å². The van der Waals surface area contributed by atoms with Gasteiger partial charge in [-0.1, -0.05) is 123 Å². The Kier molecular flexibility index (Phi) is 7.67. The molecule has 0 spiro atoms. The van der Waals surface area contributed by atoms with Crippen molar-refractivity contribution < 1.29 is 4.57 Å². The molecule has 0 atom stereocenters. The summed E-state index contributed by atoms with van der Waals surface area (Å²) in [6, 6.07) is 57.0. The quantitative estimate of drug-likeness (QED) is 0.160. The number of fused-ring (bicyclic) bond motifs is 4. The lowest BCUT2D eigenvalue weighted by Gasteiger charge is -2.26. The van der Waals surface area contributed by atoms with Crippen molar-refractivity contribution in [3.8, 4) is 33.8 Å². The summed E-state index contributed by atoms with van der Waals surface area (Å²) in [4.78, 5) is 5.01. The van der Waals surface area contributed by atoms with Crippen LogP contribution in [0.25, 0.3) is 66.6 Å². The molecular weight excluding hydrogens is 645 g/mol. The maximum absolute atomic E-state index is 5.01. The summed E-state index contributed by atoms with van der Waals surface area (Å²) in [5.74, 6) is 0.903. The molecular formula is C49H43N4+. The third-order valence-corrected chi connectivity index (χ3v) is 10.9. The predicted molar refractivity (Wildman–Crippen MR) is 220 cm³/mol. The van der Waals surface area contributed by atoms with E-state index in [1.807, 2.05) is 6.20 Å². The molecule has 4 heteroatoms. The van der Waals surface area contributed by atoms with E-state index in [2.05, 4.69) is 212 Å². The second-order valence-corrected chi connectivity index (χ2v) is 15.6. The second-order valence-electron chi connectivity index (χ2n) is 15.6. The average molecular weight is 688 g/mol. The highest BCUT2D eigenvalue weighted by molar-refractivity contribution is 6.09. The number of nitrogens with zero attached hydrogens (tertiary/aromatic N) is 4. The molecule has 0 bridgehead atoms. The fourth-order valence-electron chi connectivity index (χ4n) is 7.98. The van der Waals surface area contributed by atoms with Crippen molar-refractivity contribution in [3.05, 3.63) is 181 Å². The van der Waals surface area contributed by atoms with Crippen molar-refractivity contribution in [2.45, 2.75) is 45.6 Å². The molecule has 0 unspecified atom stereocenters. The molecule has 6 aromatic carbocycles. The van der Waals surface area contributed by atoms with Gasteiger partial charge >= 0.3 is 0 Å². The van der Waals surface area contributed by atoms with Crippen LogP contribution in [-0.4, -0.2) is 14.1 Å². The van der Waals surface area contributed by atoms with Gasteiger partial charge in [0.15, 0.2) is 11.0 Å². The standard InChI is InChI=1S/C49H43N4/c1-48(2,3)52-33-51(44-24-13-14-25-45(44)52)38-19-15-18-36(31-38)49(4,5)37-26-27-42-41-22-11-12-23-43(41)53(46(42)32-37)47-30-35(28-29-50-47)40-21-10-9-20-39(40)34-16-7-6-8-17-34/h6-33H,1-5H3/q+1. The molecule has 0 saturated carbocycles. The Bertz CT molecular complexity index is 2790. The summed E-state index contributed by atoms with van der Waals surface area (Å²) < 4.78 is 7.04. The SMILES string of the molecule is CC(C)(c1cccc(-n2c[n+](C(C)(C)C)c3ccccc32)c1)c1ccc2c3ccccc3n(-c3cc(-c4ccccc4-c4ccccc4)ccn3)c2c1. The molecule has 9 aromatic rings. The van der Waals surface area contributed by atoms with Crippen LogP contribution < -0.4 is 4.57 Å². The summed E-state index contributed by atoms with van der Waals surface area (Å²) in [5, 5.41) is 2.44. The summed E-state index contributed by atoms with van der Waals surface area (Å²) in [6.45, 7) is 11.4. The van der Waals surface area contributed by atoms with Crippen molar-refractivity contribution in [3.63, 3.8) is 0 Å². The lowest BCUT2D eigenvalue weighted by molar-refractivity contribution is -0.731. The zero-order chi connectivity index (χ0) is 36.3. The maximum atomic E-state index is 5.01. The molecule has 0 radical (unpaired) electrons. The van der Waals surface area contributed by atoms with Gasteiger partial charge in [-0.05, 0) is 103 Å². The Balaban J connectivity index is 1.17. The van der Waals surface area contributed by atoms with Gasteiger partial charge in [0.2, 0.25) is 6.33 Å². The molecule has 0 fully saturated rings. The first kappa shape index (κ1) is 32.6. The van der Waals surface area contributed by atoms with Crippen LogP contribution in [0.1, 0.15) is 45.7 Å². The van der Waals surface area contributed by atoms with E-state index < -0.39 is 0 Å². The summed E-state index contributed by atoms with van der Waals surface area (Å²) >= 11 is 0. The molecule has 0 saturated heterocycles. The van der Waals surface area contributed by atoms with E-state index in [9.17, 15) is 0 Å². The number of rotatable bonds is 6. The zero-order valence-corrected chi connectivity index (χ0v) is 31.0. The zero-order valence-electron chi connectivity index (χ0n) is 31.0. The Labute approximate surface area is 311 Å². The molecule has 3 heterocycles. The molecule has 3 aromatic heterocycles. The van der Waals surface area contributed by atoms with Gasteiger partial charge in [0, 0.05) is 22.4 Å². The Hall–Kier alpha value is -6.26. The fourth-order valence-corrected chi connectivity index (χ4v) is 7.98. The van der Waals surface area contributed by atoms with Gasteiger partial charge in [-0.15, -0.1) is 0 Å². The lowest BCUT2D eigenvalue weighted by Crippen LogP contribution is -2.49. The molecule has 9 rings (SSSR count). The predicted octanol–water partition coefficient (Wildman–Crippen LogP) is 11.8. The van der Waals surface area contributed by atoms with Crippen LogP contribution in [0.5, 0.6) is 0 Å². The second kappa shape index (κ2) is 12.5. The third kappa shape index (κ3) is 5.53. The van der Waals surface area contributed by atoms with E-state index in [1.165, 1.54) is 49.6 Å². The van der Waals surface area contributed by atoms with E-state index in [0.717, 1.165) is 28.1 Å². The first-order chi connectivity index (χ1) is 25.7. The number of hydrogen-bond acceptors (Lipinski definition) is 1. The van der Waals surface area contributed by atoms with Crippen molar-refractivity contribution >= 4 is 32.8 Å². The van der Waals surface area contributed by atoms with Crippen LogP contribution in [-0.2, 0) is 11.0 Å². The number of pyridine rings is 1. The highest BCUT2D eigenvalue weighted by Crippen LogP contribution is 2.39. The summed E-state index contributed by atoms with van der Waals surface area (Å²) in [5.41, 5.74) is 12.8. The number of benzene rings is 6. The van der Waals surface area contributed by atoms with Gasteiger partial charge in [-0.3, -0.25) is 4.57 Å². The van der Waals surface area contributed by atoms with Crippen LogP contribution in [0, 0.1) is 0 Å². The van der Waals surface area contributed by atoms with E-state index >= 15 is 0 Å². The van der Waals surface area contributed by atoms with E-state index in [-0.39, 0.29) is 11.0 Å². The Morgan fingerprint density at radius 3 is 1.96 bits per heavy atom. The van der Waals surface area contributed by atoms with Gasteiger partial charge in [-0.2, -0.15) is 4.57 Å². The molecule has 258 valence electrons. The van der Waals surface area contributed by atoms with Gasteiger partial charge in [0.1, 0.15) is 17.0 Å². The van der Waals surface area contributed by atoms with Crippen molar-refractivity contribution in [1.29, 1.82) is 0 Å². The number of aromatic nitrogens is 4. The molecule has 0 amide bonds. The fraction of sp³-hybridized carbons (Fsp3) is 0.143. The average Bonchev–Trinajstić information content (AvgIpc) is 3.75.